The van der Waals surface area contributed by atoms with Gasteiger partial charge in [0.1, 0.15) is 0 Å². The number of guanidine groups is 1. The van der Waals surface area contributed by atoms with Crippen molar-refractivity contribution in [1.29, 1.82) is 0 Å². The Balaban J connectivity index is 1.63. The summed E-state index contributed by atoms with van der Waals surface area (Å²) in [5.74, 6) is 1.90. The van der Waals surface area contributed by atoms with Crippen LogP contribution in [-0.4, -0.2) is 37.4 Å². The Morgan fingerprint density at radius 1 is 1.12 bits per heavy atom. The molecule has 0 aromatic heterocycles. The van der Waals surface area contributed by atoms with E-state index in [0.29, 0.717) is 25.7 Å². The molecule has 1 heterocycles. The van der Waals surface area contributed by atoms with Crippen LogP contribution in [0.4, 0.5) is 5.69 Å². The molecule has 0 spiro atoms. The number of aliphatic hydroxyl groups excluding tert-OH is 1. The third-order valence-corrected chi connectivity index (χ3v) is 5.16. The van der Waals surface area contributed by atoms with Crippen LogP contribution in [0.5, 0.6) is 11.5 Å². The van der Waals surface area contributed by atoms with Crippen molar-refractivity contribution in [3.63, 3.8) is 0 Å². The molecular weight excluding hydrogens is 318 g/mol. The number of fused-ring (bicyclic) bond motifs is 1. The third-order valence-electron chi connectivity index (χ3n) is 5.16. The second-order valence-corrected chi connectivity index (χ2v) is 7.07. The minimum atomic E-state index is 0.101. The van der Waals surface area contributed by atoms with Gasteiger partial charge in [-0.15, -0.1) is 0 Å². The number of rotatable bonds is 5. The molecule has 1 aliphatic heterocycles. The van der Waals surface area contributed by atoms with Crippen LogP contribution < -0.4 is 20.5 Å². The average molecular weight is 347 g/mol. The molecule has 2 aliphatic rings. The van der Waals surface area contributed by atoms with Crippen LogP contribution in [0.1, 0.15) is 44.9 Å². The van der Waals surface area contributed by atoms with Gasteiger partial charge < -0.3 is 25.6 Å². The van der Waals surface area contributed by atoms with Crippen molar-refractivity contribution in [2.75, 3.05) is 31.7 Å². The lowest BCUT2D eigenvalue weighted by Gasteiger charge is -2.35. The molecule has 3 rings (SSSR count). The minimum Gasteiger partial charge on any atom is -0.490 e. The van der Waals surface area contributed by atoms with Crippen LogP contribution in [0.2, 0.25) is 0 Å². The molecule has 4 N–H and O–H groups in total. The van der Waals surface area contributed by atoms with Gasteiger partial charge in [-0.1, -0.05) is 19.3 Å². The van der Waals surface area contributed by atoms with E-state index in [-0.39, 0.29) is 12.0 Å². The van der Waals surface area contributed by atoms with Crippen LogP contribution in [0.3, 0.4) is 0 Å². The lowest BCUT2D eigenvalue weighted by molar-refractivity contribution is 0.137. The maximum Gasteiger partial charge on any atom is 0.193 e. The van der Waals surface area contributed by atoms with E-state index in [1.165, 1.54) is 19.3 Å². The second-order valence-electron chi connectivity index (χ2n) is 7.07. The van der Waals surface area contributed by atoms with Gasteiger partial charge in [-0.2, -0.15) is 0 Å². The quantitative estimate of drug-likeness (QED) is 0.563. The van der Waals surface area contributed by atoms with Crippen molar-refractivity contribution in [2.24, 2.45) is 16.1 Å². The van der Waals surface area contributed by atoms with Crippen LogP contribution >= 0.6 is 0 Å². The molecule has 1 aliphatic carbocycles. The molecule has 0 radical (unpaired) electrons. The lowest BCUT2D eigenvalue weighted by atomic mass is 9.72. The Labute approximate surface area is 149 Å². The molecule has 138 valence electrons. The molecule has 0 unspecified atom stereocenters. The van der Waals surface area contributed by atoms with Crippen LogP contribution in [0.25, 0.3) is 0 Å². The third kappa shape index (κ3) is 4.78. The van der Waals surface area contributed by atoms with Gasteiger partial charge in [-0.25, -0.2) is 0 Å². The number of ether oxygens (including phenoxy) is 2. The topological polar surface area (TPSA) is 89.1 Å². The van der Waals surface area contributed by atoms with E-state index in [9.17, 15) is 5.11 Å². The van der Waals surface area contributed by atoms with Gasteiger partial charge >= 0.3 is 0 Å². The molecule has 0 atom stereocenters. The number of hydrogen-bond donors (Lipinski definition) is 3. The smallest absolute Gasteiger partial charge is 0.193 e. The Morgan fingerprint density at radius 2 is 1.88 bits per heavy atom. The molecule has 1 saturated carbocycles. The summed E-state index contributed by atoms with van der Waals surface area (Å²) in [6.07, 6.45) is 7.63. The van der Waals surface area contributed by atoms with Gasteiger partial charge in [-0.05, 0) is 36.8 Å². The summed E-state index contributed by atoms with van der Waals surface area (Å²) >= 11 is 0. The maximum absolute atomic E-state index is 9.40. The predicted octanol–water partition coefficient (Wildman–Crippen LogP) is 2.91. The fourth-order valence-corrected chi connectivity index (χ4v) is 3.71. The van der Waals surface area contributed by atoms with Crippen molar-refractivity contribution >= 4 is 11.6 Å². The number of anilines is 1. The molecule has 25 heavy (non-hydrogen) atoms. The second kappa shape index (κ2) is 8.43. The van der Waals surface area contributed by atoms with Crippen LogP contribution in [-0.2, 0) is 0 Å². The van der Waals surface area contributed by atoms with Gasteiger partial charge in [-0.3, -0.25) is 4.99 Å². The normalized spacial score (nSPS) is 20.0. The SMILES string of the molecule is NC(=NCC1(CCO)CCCCC1)Nc1ccc2c(c1)OCCCO2. The first-order chi connectivity index (χ1) is 12.2. The Morgan fingerprint density at radius 3 is 2.64 bits per heavy atom. The molecule has 1 fully saturated rings. The van der Waals surface area contributed by atoms with E-state index in [2.05, 4.69) is 10.3 Å². The van der Waals surface area contributed by atoms with Gasteiger partial charge in [0.05, 0.1) is 13.2 Å². The van der Waals surface area contributed by atoms with Crippen LogP contribution in [0, 0.1) is 5.41 Å². The number of nitrogens with zero attached hydrogens (tertiary/aromatic N) is 1. The highest BCUT2D eigenvalue weighted by Crippen LogP contribution is 2.39. The van der Waals surface area contributed by atoms with E-state index >= 15 is 0 Å². The average Bonchev–Trinajstić information content (AvgIpc) is 2.86. The Kier molecular flexibility index (Phi) is 6.02. The van der Waals surface area contributed by atoms with E-state index in [1.54, 1.807) is 0 Å². The molecule has 6 heteroatoms. The number of aliphatic imine (C=N–C) groups is 1. The lowest BCUT2D eigenvalue weighted by Crippen LogP contribution is -2.31. The van der Waals surface area contributed by atoms with Crippen LogP contribution in [0.15, 0.2) is 23.2 Å². The zero-order valence-corrected chi connectivity index (χ0v) is 14.8. The summed E-state index contributed by atoms with van der Waals surface area (Å²) < 4.78 is 11.3. The first kappa shape index (κ1) is 17.9. The van der Waals surface area contributed by atoms with Crippen molar-refractivity contribution in [2.45, 2.75) is 44.9 Å². The fourth-order valence-electron chi connectivity index (χ4n) is 3.71. The van der Waals surface area contributed by atoms with E-state index < -0.39 is 0 Å². The first-order valence-electron chi connectivity index (χ1n) is 9.28. The number of nitrogens with one attached hydrogen (secondary N) is 1. The number of nitrogens with two attached hydrogens (primary N) is 1. The highest BCUT2D eigenvalue weighted by atomic mass is 16.5. The highest BCUT2D eigenvalue weighted by Gasteiger charge is 2.31. The van der Waals surface area contributed by atoms with Crippen molar-refractivity contribution in [3.8, 4) is 11.5 Å². The first-order valence-corrected chi connectivity index (χ1v) is 9.28. The van der Waals surface area contributed by atoms with Crippen molar-refractivity contribution in [1.82, 2.24) is 0 Å². The van der Waals surface area contributed by atoms with Gasteiger partial charge in [0, 0.05) is 31.3 Å². The van der Waals surface area contributed by atoms with Gasteiger partial charge in [0.15, 0.2) is 17.5 Å². The molecule has 1 aromatic carbocycles. The monoisotopic (exact) mass is 347 g/mol. The van der Waals surface area contributed by atoms with E-state index in [1.807, 2.05) is 18.2 Å². The van der Waals surface area contributed by atoms with Gasteiger partial charge in [0.25, 0.3) is 0 Å². The zero-order valence-electron chi connectivity index (χ0n) is 14.8. The molecule has 1 aromatic rings. The molecule has 6 nitrogen and oxygen atoms in total. The largest absolute Gasteiger partial charge is 0.490 e. The molecule has 0 amide bonds. The highest BCUT2D eigenvalue weighted by molar-refractivity contribution is 5.92. The minimum absolute atomic E-state index is 0.101. The maximum atomic E-state index is 9.40. The van der Waals surface area contributed by atoms with E-state index in [0.717, 1.165) is 42.9 Å². The molecule has 0 saturated heterocycles. The Bertz CT molecular complexity index is 592. The summed E-state index contributed by atoms with van der Waals surface area (Å²) in [6, 6.07) is 5.71. The number of aliphatic hydroxyl groups is 1. The summed E-state index contributed by atoms with van der Waals surface area (Å²) in [5.41, 5.74) is 7.03. The number of benzene rings is 1. The summed E-state index contributed by atoms with van der Waals surface area (Å²) in [6.45, 7) is 2.21. The van der Waals surface area contributed by atoms with Crippen molar-refractivity contribution < 1.29 is 14.6 Å². The van der Waals surface area contributed by atoms with Crippen molar-refractivity contribution in [3.05, 3.63) is 18.2 Å². The Hall–Kier alpha value is -1.95. The summed E-state index contributed by atoms with van der Waals surface area (Å²) in [4.78, 5) is 4.56. The fraction of sp³-hybridized carbons (Fsp3) is 0.632. The number of hydrogen-bond acceptors (Lipinski definition) is 4. The van der Waals surface area contributed by atoms with E-state index in [4.69, 9.17) is 15.2 Å². The summed E-state index contributed by atoms with van der Waals surface area (Å²) in [7, 11) is 0. The molecule has 0 bridgehead atoms. The predicted molar refractivity (Wildman–Crippen MR) is 99.4 cm³/mol. The summed E-state index contributed by atoms with van der Waals surface area (Å²) in [5, 5.41) is 12.5. The zero-order chi connectivity index (χ0) is 17.5. The van der Waals surface area contributed by atoms with Gasteiger partial charge in [0.2, 0.25) is 0 Å². The standard InChI is InChI=1S/C19H29N3O3/c20-18(21-14-19(9-10-23)7-2-1-3-8-19)22-15-5-6-16-17(13-15)25-12-4-11-24-16/h5-6,13,23H,1-4,7-12,14H2,(H3,20,21,22). The molecular formula is C19H29N3O3.